The van der Waals surface area contributed by atoms with Crippen LogP contribution in [0.1, 0.15) is 57.7 Å². The Balaban J connectivity index is 2.65. The van der Waals surface area contributed by atoms with Gasteiger partial charge in [0.15, 0.2) is 5.82 Å². The third kappa shape index (κ3) is 3.30. The second kappa shape index (κ2) is 5.85. The van der Waals surface area contributed by atoms with Gasteiger partial charge in [-0.1, -0.05) is 25.4 Å². The molecule has 1 aromatic rings. The molecule has 0 fully saturated rings. The molecule has 4 nitrogen and oxygen atoms in total. The van der Waals surface area contributed by atoms with Crippen molar-refractivity contribution in [2.75, 3.05) is 0 Å². The minimum absolute atomic E-state index is 0.0643. The van der Waals surface area contributed by atoms with Crippen molar-refractivity contribution in [1.29, 1.82) is 0 Å². The molecule has 2 N–H and O–H groups in total. The van der Waals surface area contributed by atoms with E-state index in [0.29, 0.717) is 5.89 Å². The van der Waals surface area contributed by atoms with Crippen LogP contribution in [0, 0.1) is 0 Å². The Morgan fingerprint density at radius 2 is 2.13 bits per heavy atom. The van der Waals surface area contributed by atoms with Crippen LogP contribution in [0.5, 0.6) is 0 Å². The van der Waals surface area contributed by atoms with E-state index in [1.165, 1.54) is 0 Å². The predicted molar refractivity (Wildman–Crippen MR) is 59.6 cm³/mol. The maximum Gasteiger partial charge on any atom is 0.231 e. The molecule has 0 bridgehead atoms. The van der Waals surface area contributed by atoms with Crippen LogP contribution in [-0.4, -0.2) is 16.2 Å². The first-order chi connectivity index (χ1) is 7.19. The average Bonchev–Trinajstić information content (AvgIpc) is 2.64. The van der Waals surface area contributed by atoms with Gasteiger partial charge in [-0.25, -0.2) is 0 Å². The fourth-order valence-electron chi connectivity index (χ4n) is 1.63. The fraction of sp³-hybridized carbons (Fsp3) is 0.818. The summed E-state index contributed by atoms with van der Waals surface area (Å²) in [6, 6.07) is 0.0643. The second-order valence-corrected chi connectivity index (χ2v) is 4.03. The maximum atomic E-state index is 5.86. The molecule has 0 saturated heterocycles. The minimum atomic E-state index is 0.0643. The zero-order chi connectivity index (χ0) is 11.3. The monoisotopic (exact) mass is 211 g/mol. The smallest absolute Gasteiger partial charge is 0.231 e. The molecule has 15 heavy (non-hydrogen) atoms. The molecule has 86 valence electrons. The topological polar surface area (TPSA) is 64.9 Å². The van der Waals surface area contributed by atoms with E-state index in [-0.39, 0.29) is 12.0 Å². The van der Waals surface area contributed by atoms with Gasteiger partial charge in [0.2, 0.25) is 5.89 Å². The molecule has 0 aliphatic carbocycles. The van der Waals surface area contributed by atoms with Crippen molar-refractivity contribution in [3.05, 3.63) is 11.7 Å². The zero-order valence-corrected chi connectivity index (χ0v) is 9.86. The second-order valence-electron chi connectivity index (χ2n) is 4.03. The lowest BCUT2D eigenvalue weighted by atomic mass is 9.99. The van der Waals surface area contributed by atoms with Gasteiger partial charge in [0.25, 0.3) is 0 Å². The highest BCUT2D eigenvalue weighted by Gasteiger charge is 2.20. The van der Waals surface area contributed by atoms with E-state index in [9.17, 15) is 0 Å². The Morgan fingerprint density at radius 3 is 2.67 bits per heavy atom. The normalized spacial score (nSPS) is 15.2. The van der Waals surface area contributed by atoms with Gasteiger partial charge in [0.1, 0.15) is 0 Å². The Labute approximate surface area is 91.2 Å². The SMILES string of the molecule is CCCCc1noc(C(CC)C(C)N)n1. The van der Waals surface area contributed by atoms with Crippen molar-refractivity contribution >= 4 is 0 Å². The highest BCUT2D eigenvalue weighted by atomic mass is 16.5. The van der Waals surface area contributed by atoms with Crippen molar-refractivity contribution in [2.45, 2.75) is 58.4 Å². The molecule has 0 aliphatic heterocycles. The standard InChI is InChI=1S/C11H21N3O/c1-4-6-7-10-13-11(15-14-10)9(5-2)8(3)12/h8-9H,4-7,12H2,1-3H3. The van der Waals surface area contributed by atoms with E-state index in [1.807, 2.05) is 6.92 Å². The maximum absolute atomic E-state index is 5.86. The molecule has 1 heterocycles. The molecular weight excluding hydrogens is 190 g/mol. The summed E-state index contributed by atoms with van der Waals surface area (Å²) in [4.78, 5) is 4.38. The minimum Gasteiger partial charge on any atom is -0.339 e. The zero-order valence-electron chi connectivity index (χ0n) is 9.86. The molecule has 2 atom stereocenters. The average molecular weight is 211 g/mol. The number of hydrogen-bond acceptors (Lipinski definition) is 4. The number of aryl methyl sites for hydroxylation is 1. The van der Waals surface area contributed by atoms with E-state index in [1.54, 1.807) is 0 Å². The van der Waals surface area contributed by atoms with Crippen molar-refractivity contribution in [2.24, 2.45) is 5.73 Å². The number of hydrogen-bond donors (Lipinski definition) is 1. The van der Waals surface area contributed by atoms with Crippen LogP contribution in [0.4, 0.5) is 0 Å². The lowest BCUT2D eigenvalue weighted by molar-refractivity contribution is 0.331. The highest BCUT2D eigenvalue weighted by Crippen LogP contribution is 2.20. The molecule has 1 aromatic heterocycles. The quantitative estimate of drug-likeness (QED) is 0.783. The molecule has 1 rings (SSSR count). The van der Waals surface area contributed by atoms with Gasteiger partial charge in [0, 0.05) is 12.5 Å². The summed E-state index contributed by atoms with van der Waals surface area (Å²) in [6.07, 6.45) is 4.09. The van der Waals surface area contributed by atoms with Gasteiger partial charge in [0.05, 0.1) is 5.92 Å². The summed E-state index contributed by atoms with van der Waals surface area (Å²) in [5.41, 5.74) is 5.86. The Morgan fingerprint density at radius 1 is 1.40 bits per heavy atom. The molecule has 0 saturated carbocycles. The molecule has 0 spiro atoms. The van der Waals surface area contributed by atoms with E-state index in [0.717, 1.165) is 31.5 Å². The van der Waals surface area contributed by atoms with Crippen LogP contribution < -0.4 is 5.73 Å². The number of nitrogens with two attached hydrogens (primary N) is 1. The van der Waals surface area contributed by atoms with Crippen LogP contribution in [0.3, 0.4) is 0 Å². The summed E-state index contributed by atoms with van der Waals surface area (Å²) < 4.78 is 5.23. The van der Waals surface area contributed by atoms with Crippen LogP contribution in [0.15, 0.2) is 4.52 Å². The van der Waals surface area contributed by atoms with Crippen molar-refractivity contribution in [1.82, 2.24) is 10.1 Å². The first-order valence-electron chi connectivity index (χ1n) is 5.77. The van der Waals surface area contributed by atoms with Crippen molar-refractivity contribution < 1.29 is 4.52 Å². The Kier molecular flexibility index (Phi) is 4.75. The highest BCUT2D eigenvalue weighted by molar-refractivity contribution is 4.97. The number of unbranched alkanes of at least 4 members (excludes halogenated alkanes) is 1. The molecule has 2 unspecified atom stereocenters. The molecule has 0 aliphatic rings. The van der Waals surface area contributed by atoms with Crippen LogP contribution in [-0.2, 0) is 6.42 Å². The predicted octanol–water partition coefficient (Wildman–Crippen LogP) is 2.25. The van der Waals surface area contributed by atoms with Crippen LogP contribution >= 0.6 is 0 Å². The van der Waals surface area contributed by atoms with E-state index < -0.39 is 0 Å². The summed E-state index contributed by atoms with van der Waals surface area (Å²) >= 11 is 0. The van der Waals surface area contributed by atoms with E-state index in [4.69, 9.17) is 10.3 Å². The van der Waals surface area contributed by atoms with Gasteiger partial charge in [-0.3, -0.25) is 0 Å². The largest absolute Gasteiger partial charge is 0.339 e. The summed E-state index contributed by atoms with van der Waals surface area (Å²) in [5, 5.41) is 3.96. The van der Waals surface area contributed by atoms with Crippen molar-refractivity contribution in [3.63, 3.8) is 0 Å². The van der Waals surface area contributed by atoms with Crippen LogP contribution in [0.2, 0.25) is 0 Å². The van der Waals surface area contributed by atoms with E-state index >= 15 is 0 Å². The molecular formula is C11H21N3O. The first kappa shape index (κ1) is 12.2. The van der Waals surface area contributed by atoms with E-state index in [2.05, 4.69) is 24.0 Å². The molecule has 4 heteroatoms. The molecule has 0 amide bonds. The first-order valence-corrected chi connectivity index (χ1v) is 5.77. The summed E-state index contributed by atoms with van der Waals surface area (Å²) in [7, 11) is 0. The number of nitrogens with zero attached hydrogens (tertiary/aromatic N) is 2. The number of aromatic nitrogens is 2. The third-order valence-electron chi connectivity index (χ3n) is 2.63. The lowest BCUT2D eigenvalue weighted by Crippen LogP contribution is -2.24. The van der Waals surface area contributed by atoms with Gasteiger partial charge < -0.3 is 10.3 Å². The number of rotatable bonds is 6. The van der Waals surface area contributed by atoms with Crippen molar-refractivity contribution in [3.8, 4) is 0 Å². The third-order valence-corrected chi connectivity index (χ3v) is 2.63. The Bertz CT molecular complexity index is 283. The summed E-state index contributed by atoms with van der Waals surface area (Å²) in [6.45, 7) is 6.21. The molecule has 0 radical (unpaired) electrons. The Hall–Kier alpha value is -0.900. The van der Waals surface area contributed by atoms with Gasteiger partial charge in [-0.15, -0.1) is 0 Å². The summed E-state index contributed by atoms with van der Waals surface area (Å²) in [5.74, 6) is 1.69. The fourth-order valence-corrected chi connectivity index (χ4v) is 1.63. The van der Waals surface area contributed by atoms with Gasteiger partial charge in [-0.2, -0.15) is 4.98 Å². The lowest BCUT2D eigenvalue weighted by Gasteiger charge is -2.13. The van der Waals surface area contributed by atoms with Gasteiger partial charge >= 0.3 is 0 Å². The van der Waals surface area contributed by atoms with Crippen LogP contribution in [0.25, 0.3) is 0 Å². The molecule has 0 aromatic carbocycles. The van der Waals surface area contributed by atoms with Gasteiger partial charge in [-0.05, 0) is 19.8 Å².